The van der Waals surface area contributed by atoms with E-state index in [1.165, 1.54) is 0 Å². The molecule has 1 aromatic carbocycles. The van der Waals surface area contributed by atoms with Crippen LogP contribution in [0.5, 0.6) is 6.01 Å². The van der Waals surface area contributed by atoms with E-state index < -0.39 is 0 Å². The van der Waals surface area contributed by atoms with Gasteiger partial charge in [-0.3, -0.25) is 0 Å². The second-order valence-corrected chi connectivity index (χ2v) is 4.63. The predicted molar refractivity (Wildman–Crippen MR) is 72.9 cm³/mol. The van der Waals surface area contributed by atoms with Crippen LogP contribution in [-0.2, 0) is 6.61 Å². The van der Waals surface area contributed by atoms with Gasteiger partial charge < -0.3 is 10.1 Å². The van der Waals surface area contributed by atoms with Crippen LogP contribution in [0.4, 0.5) is 5.95 Å². The molecular formula is C11H10BrClN4O. The Balaban J connectivity index is 2.08. The fourth-order valence-electron chi connectivity index (χ4n) is 1.28. The molecule has 18 heavy (non-hydrogen) atoms. The lowest BCUT2D eigenvalue weighted by Crippen LogP contribution is -2.04. The van der Waals surface area contributed by atoms with Gasteiger partial charge in [0.05, 0.1) is 0 Å². The quantitative estimate of drug-likeness (QED) is 0.934. The third-order valence-electron chi connectivity index (χ3n) is 2.07. The maximum atomic E-state index is 5.75. The average Bonchev–Trinajstić information content (AvgIpc) is 2.36. The standard InChI is InChI=1S/C11H10BrClN4O/c1-14-10-15-9(13)16-11(17-10)18-6-7-3-2-4-8(12)5-7/h2-5H,6H2,1H3,(H,14,15,16,17). The van der Waals surface area contributed by atoms with Gasteiger partial charge in [-0.2, -0.15) is 15.0 Å². The van der Waals surface area contributed by atoms with Crippen LogP contribution in [0.15, 0.2) is 28.7 Å². The molecule has 1 heterocycles. The fraction of sp³-hybridized carbons (Fsp3) is 0.182. The third kappa shape index (κ3) is 3.54. The van der Waals surface area contributed by atoms with Crippen molar-refractivity contribution in [1.29, 1.82) is 0 Å². The maximum absolute atomic E-state index is 5.75. The van der Waals surface area contributed by atoms with Gasteiger partial charge in [0, 0.05) is 11.5 Å². The number of hydrogen-bond donors (Lipinski definition) is 1. The molecule has 0 aliphatic rings. The van der Waals surface area contributed by atoms with E-state index in [-0.39, 0.29) is 11.3 Å². The Morgan fingerprint density at radius 3 is 2.89 bits per heavy atom. The summed E-state index contributed by atoms with van der Waals surface area (Å²) >= 11 is 9.14. The zero-order valence-corrected chi connectivity index (χ0v) is 11.9. The van der Waals surface area contributed by atoms with Crippen molar-refractivity contribution >= 4 is 33.5 Å². The number of aromatic nitrogens is 3. The van der Waals surface area contributed by atoms with E-state index in [0.717, 1.165) is 10.0 Å². The summed E-state index contributed by atoms with van der Waals surface area (Å²) in [6, 6.07) is 7.98. The molecule has 0 aliphatic carbocycles. The van der Waals surface area contributed by atoms with E-state index in [9.17, 15) is 0 Å². The third-order valence-corrected chi connectivity index (χ3v) is 2.73. The lowest BCUT2D eigenvalue weighted by molar-refractivity contribution is 0.280. The normalized spacial score (nSPS) is 10.2. The van der Waals surface area contributed by atoms with Crippen molar-refractivity contribution in [3.8, 4) is 6.01 Å². The number of rotatable bonds is 4. The van der Waals surface area contributed by atoms with Gasteiger partial charge in [0.1, 0.15) is 6.61 Å². The molecule has 2 aromatic rings. The minimum Gasteiger partial charge on any atom is -0.458 e. The second-order valence-electron chi connectivity index (χ2n) is 3.38. The molecule has 0 unspecified atom stereocenters. The second kappa shape index (κ2) is 5.97. The number of nitrogens with one attached hydrogen (secondary N) is 1. The molecular weight excluding hydrogens is 320 g/mol. The van der Waals surface area contributed by atoms with E-state index in [2.05, 4.69) is 36.2 Å². The lowest BCUT2D eigenvalue weighted by atomic mass is 10.2. The smallest absolute Gasteiger partial charge is 0.322 e. The van der Waals surface area contributed by atoms with Crippen molar-refractivity contribution in [2.45, 2.75) is 6.61 Å². The summed E-state index contributed by atoms with van der Waals surface area (Å²) in [5, 5.41) is 2.88. The molecule has 1 N–H and O–H groups in total. The van der Waals surface area contributed by atoms with Crippen molar-refractivity contribution in [2.75, 3.05) is 12.4 Å². The van der Waals surface area contributed by atoms with Crippen LogP contribution in [0, 0.1) is 0 Å². The molecule has 0 amide bonds. The van der Waals surface area contributed by atoms with Crippen LogP contribution in [0.3, 0.4) is 0 Å². The Morgan fingerprint density at radius 1 is 1.33 bits per heavy atom. The van der Waals surface area contributed by atoms with Crippen LogP contribution in [0.2, 0.25) is 5.28 Å². The highest BCUT2D eigenvalue weighted by Gasteiger charge is 2.05. The summed E-state index contributed by atoms with van der Waals surface area (Å²) in [4.78, 5) is 11.8. The van der Waals surface area contributed by atoms with E-state index >= 15 is 0 Å². The Kier molecular flexibility index (Phi) is 4.33. The van der Waals surface area contributed by atoms with Gasteiger partial charge in [0.2, 0.25) is 11.2 Å². The summed E-state index contributed by atoms with van der Waals surface area (Å²) in [5.74, 6) is 0.374. The van der Waals surface area contributed by atoms with Crippen molar-refractivity contribution < 1.29 is 4.74 Å². The summed E-state index contributed by atoms with van der Waals surface area (Å²) in [6.07, 6.45) is 0. The zero-order chi connectivity index (χ0) is 13.0. The monoisotopic (exact) mass is 328 g/mol. The van der Waals surface area contributed by atoms with Crippen LogP contribution in [-0.4, -0.2) is 22.0 Å². The van der Waals surface area contributed by atoms with Crippen molar-refractivity contribution in [3.63, 3.8) is 0 Å². The molecule has 0 bridgehead atoms. The molecule has 2 rings (SSSR count). The summed E-state index contributed by atoms with van der Waals surface area (Å²) in [6.45, 7) is 0.364. The van der Waals surface area contributed by atoms with Crippen LogP contribution in [0.25, 0.3) is 0 Å². The largest absolute Gasteiger partial charge is 0.458 e. The van der Waals surface area contributed by atoms with Gasteiger partial charge in [0.15, 0.2) is 0 Å². The molecule has 0 spiro atoms. The van der Waals surface area contributed by atoms with Gasteiger partial charge in [-0.05, 0) is 29.3 Å². The summed E-state index contributed by atoms with van der Waals surface area (Å²) in [7, 11) is 1.70. The van der Waals surface area contributed by atoms with E-state index in [4.69, 9.17) is 16.3 Å². The fourth-order valence-corrected chi connectivity index (χ4v) is 1.88. The van der Waals surface area contributed by atoms with E-state index in [1.54, 1.807) is 7.05 Å². The number of nitrogens with zero attached hydrogens (tertiary/aromatic N) is 3. The highest BCUT2D eigenvalue weighted by molar-refractivity contribution is 9.10. The van der Waals surface area contributed by atoms with Crippen LogP contribution >= 0.6 is 27.5 Å². The predicted octanol–water partition coefficient (Wildman–Crippen LogP) is 2.91. The Labute approximate surface area is 118 Å². The van der Waals surface area contributed by atoms with Crippen LogP contribution in [0.1, 0.15) is 5.56 Å². The number of anilines is 1. The van der Waals surface area contributed by atoms with E-state index in [1.807, 2.05) is 24.3 Å². The van der Waals surface area contributed by atoms with Crippen molar-refractivity contribution in [1.82, 2.24) is 15.0 Å². The first-order valence-electron chi connectivity index (χ1n) is 5.14. The average molecular weight is 330 g/mol. The Hall–Kier alpha value is -1.40. The van der Waals surface area contributed by atoms with Gasteiger partial charge in [-0.1, -0.05) is 28.1 Å². The first-order chi connectivity index (χ1) is 8.67. The Morgan fingerprint density at radius 2 is 2.17 bits per heavy atom. The van der Waals surface area contributed by atoms with Crippen molar-refractivity contribution in [2.24, 2.45) is 0 Å². The lowest BCUT2D eigenvalue weighted by Gasteiger charge is -2.06. The molecule has 0 fully saturated rings. The minimum atomic E-state index is 0.0959. The zero-order valence-electron chi connectivity index (χ0n) is 9.52. The molecule has 0 aliphatic heterocycles. The molecule has 1 aromatic heterocycles. The SMILES string of the molecule is CNc1nc(Cl)nc(OCc2cccc(Br)c2)n1. The highest BCUT2D eigenvalue weighted by atomic mass is 79.9. The summed E-state index contributed by atoms with van der Waals surface area (Å²) in [5.41, 5.74) is 1.01. The molecule has 94 valence electrons. The van der Waals surface area contributed by atoms with E-state index in [0.29, 0.717) is 12.6 Å². The summed E-state index contributed by atoms with van der Waals surface area (Å²) < 4.78 is 6.46. The molecule has 0 saturated heterocycles. The number of halogens is 2. The number of hydrogen-bond acceptors (Lipinski definition) is 5. The van der Waals surface area contributed by atoms with Crippen LogP contribution < -0.4 is 10.1 Å². The first kappa shape index (κ1) is 13.0. The van der Waals surface area contributed by atoms with Gasteiger partial charge >= 0.3 is 6.01 Å². The maximum Gasteiger partial charge on any atom is 0.322 e. The first-order valence-corrected chi connectivity index (χ1v) is 6.31. The minimum absolute atomic E-state index is 0.0959. The van der Waals surface area contributed by atoms with Gasteiger partial charge in [-0.15, -0.1) is 0 Å². The van der Waals surface area contributed by atoms with Gasteiger partial charge in [-0.25, -0.2) is 0 Å². The molecule has 7 heteroatoms. The molecule has 5 nitrogen and oxygen atoms in total. The van der Waals surface area contributed by atoms with Crippen molar-refractivity contribution in [3.05, 3.63) is 39.6 Å². The number of benzene rings is 1. The molecule has 0 atom stereocenters. The topological polar surface area (TPSA) is 59.9 Å². The highest BCUT2D eigenvalue weighted by Crippen LogP contribution is 2.15. The van der Waals surface area contributed by atoms with Gasteiger partial charge in [0.25, 0.3) is 0 Å². The molecule has 0 radical (unpaired) electrons. The number of ether oxygens (including phenoxy) is 1. The Bertz CT molecular complexity index is 552. The molecule has 0 saturated carbocycles.